The van der Waals surface area contributed by atoms with Gasteiger partial charge >= 0.3 is 0 Å². The van der Waals surface area contributed by atoms with Crippen LogP contribution in [-0.4, -0.2) is 16.1 Å². The van der Waals surface area contributed by atoms with Crippen molar-refractivity contribution in [2.45, 2.75) is 13.8 Å². The molecule has 2 rings (SSSR count). The Morgan fingerprint density at radius 1 is 1.35 bits per heavy atom. The summed E-state index contributed by atoms with van der Waals surface area (Å²) in [6, 6.07) is 3.94. The molecular weight excluding hydrogens is 282 g/mol. The van der Waals surface area contributed by atoms with E-state index in [2.05, 4.69) is 31.4 Å². The Balaban J connectivity index is 2.28. The van der Waals surface area contributed by atoms with Gasteiger partial charge in [-0.25, -0.2) is 0 Å². The Morgan fingerprint density at radius 3 is 2.53 bits per heavy atom. The molecule has 0 unspecified atom stereocenters. The van der Waals surface area contributed by atoms with E-state index in [0.29, 0.717) is 5.56 Å². The number of halogens is 1. The number of benzene rings is 1. The molecule has 0 aliphatic carbocycles. The first-order valence-electron chi connectivity index (χ1n) is 5.15. The maximum Gasteiger partial charge on any atom is 0.258 e. The molecule has 17 heavy (non-hydrogen) atoms. The first-order valence-corrected chi connectivity index (χ1v) is 5.94. The second kappa shape index (κ2) is 4.71. The van der Waals surface area contributed by atoms with Crippen LogP contribution in [0.25, 0.3) is 0 Å². The van der Waals surface area contributed by atoms with E-state index in [1.165, 1.54) is 6.20 Å². The van der Waals surface area contributed by atoms with Gasteiger partial charge in [-0.3, -0.25) is 9.89 Å². The zero-order valence-electron chi connectivity index (χ0n) is 9.54. The summed E-state index contributed by atoms with van der Waals surface area (Å²) < 4.78 is 1.01. The van der Waals surface area contributed by atoms with Crippen molar-refractivity contribution >= 4 is 27.5 Å². The molecule has 2 aromatic rings. The SMILES string of the molecule is Cc1cc(Br)cc(C)c1NC(=O)c1cn[nH]c1. The summed E-state index contributed by atoms with van der Waals surface area (Å²) in [5.74, 6) is -0.160. The van der Waals surface area contributed by atoms with Crippen LogP contribution in [0.1, 0.15) is 21.5 Å². The zero-order chi connectivity index (χ0) is 12.4. The third-order valence-electron chi connectivity index (χ3n) is 2.50. The largest absolute Gasteiger partial charge is 0.321 e. The average Bonchev–Trinajstić information content (AvgIpc) is 2.76. The van der Waals surface area contributed by atoms with Crippen molar-refractivity contribution in [3.05, 3.63) is 45.7 Å². The number of carbonyl (C=O) groups is 1. The smallest absolute Gasteiger partial charge is 0.258 e. The molecule has 1 aromatic heterocycles. The molecule has 1 heterocycles. The Labute approximate surface area is 108 Å². The van der Waals surface area contributed by atoms with E-state index in [9.17, 15) is 4.79 Å². The molecule has 0 aliphatic heterocycles. The number of nitrogens with one attached hydrogen (secondary N) is 2. The molecular formula is C12H12BrN3O. The topological polar surface area (TPSA) is 57.8 Å². The normalized spacial score (nSPS) is 10.3. The van der Waals surface area contributed by atoms with Gasteiger partial charge < -0.3 is 5.32 Å². The predicted molar refractivity (Wildman–Crippen MR) is 70.2 cm³/mol. The number of rotatable bonds is 2. The van der Waals surface area contributed by atoms with Crippen LogP contribution in [0.3, 0.4) is 0 Å². The molecule has 0 spiro atoms. The van der Waals surface area contributed by atoms with Gasteiger partial charge in [-0.15, -0.1) is 0 Å². The van der Waals surface area contributed by atoms with Gasteiger partial charge in [-0.05, 0) is 37.1 Å². The quantitative estimate of drug-likeness (QED) is 0.894. The van der Waals surface area contributed by atoms with Gasteiger partial charge in [0.2, 0.25) is 0 Å². The highest BCUT2D eigenvalue weighted by atomic mass is 79.9. The molecule has 0 aliphatic rings. The third kappa shape index (κ3) is 2.55. The second-order valence-corrected chi connectivity index (χ2v) is 4.77. The van der Waals surface area contributed by atoms with E-state index < -0.39 is 0 Å². The molecule has 1 aromatic carbocycles. The van der Waals surface area contributed by atoms with Crippen molar-refractivity contribution in [3.8, 4) is 0 Å². The van der Waals surface area contributed by atoms with Gasteiger partial charge in [0.25, 0.3) is 5.91 Å². The average molecular weight is 294 g/mol. The van der Waals surface area contributed by atoms with Gasteiger partial charge in [0.1, 0.15) is 0 Å². The highest BCUT2D eigenvalue weighted by Gasteiger charge is 2.10. The minimum absolute atomic E-state index is 0.160. The Hall–Kier alpha value is -1.62. The van der Waals surface area contributed by atoms with Crippen LogP contribution in [0.15, 0.2) is 29.0 Å². The predicted octanol–water partition coefficient (Wildman–Crippen LogP) is 3.04. The maximum atomic E-state index is 11.9. The fourth-order valence-electron chi connectivity index (χ4n) is 1.67. The summed E-state index contributed by atoms with van der Waals surface area (Å²) in [4.78, 5) is 11.9. The molecule has 0 atom stereocenters. The molecule has 1 amide bonds. The van der Waals surface area contributed by atoms with Gasteiger partial charge in [0, 0.05) is 16.4 Å². The van der Waals surface area contributed by atoms with Crippen LogP contribution in [0.4, 0.5) is 5.69 Å². The number of hydrogen-bond donors (Lipinski definition) is 2. The molecule has 0 radical (unpaired) electrons. The van der Waals surface area contributed by atoms with E-state index in [-0.39, 0.29) is 5.91 Å². The molecule has 5 heteroatoms. The molecule has 88 valence electrons. The van der Waals surface area contributed by atoms with Crippen LogP contribution < -0.4 is 5.32 Å². The van der Waals surface area contributed by atoms with Crippen molar-refractivity contribution in [2.24, 2.45) is 0 Å². The van der Waals surface area contributed by atoms with Crippen LogP contribution in [0.5, 0.6) is 0 Å². The van der Waals surface area contributed by atoms with E-state index in [1.807, 2.05) is 26.0 Å². The van der Waals surface area contributed by atoms with Crippen molar-refractivity contribution in [3.63, 3.8) is 0 Å². The number of amides is 1. The fraction of sp³-hybridized carbons (Fsp3) is 0.167. The van der Waals surface area contributed by atoms with Gasteiger partial charge in [0.05, 0.1) is 11.8 Å². The van der Waals surface area contributed by atoms with Crippen LogP contribution in [0, 0.1) is 13.8 Å². The number of anilines is 1. The van der Waals surface area contributed by atoms with Crippen molar-refractivity contribution in [1.29, 1.82) is 0 Å². The standard InChI is InChI=1S/C12H12BrN3O/c1-7-3-10(13)4-8(2)11(7)16-12(17)9-5-14-15-6-9/h3-6H,1-2H3,(H,14,15)(H,16,17). The minimum atomic E-state index is -0.160. The number of H-pyrrole nitrogens is 1. The van der Waals surface area contributed by atoms with Crippen molar-refractivity contribution < 1.29 is 4.79 Å². The highest BCUT2D eigenvalue weighted by Crippen LogP contribution is 2.25. The number of nitrogens with zero attached hydrogens (tertiary/aromatic N) is 1. The van der Waals surface area contributed by atoms with E-state index in [0.717, 1.165) is 21.3 Å². The third-order valence-corrected chi connectivity index (χ3v) is 2.95. The molecule has 2 N–H and O–H groups in total. The number of carbonyl (C=O) groups excluding carboxylic acids is 1. The lowest BCUT2D eigenvalue weighted by Gasteiger charge is -2.11. The molecule has 0 saturated heterocycles. The maximum absolute atomic E-state index is 11.9. The summed E-state index contributed by atoms with van der Waals surface area (Å²) in [6.07, 6.45) is 3.07. The van der Waals surface area contributed by atoms with Crippen LogP contribution in [-0.2, 0) is 0 Å². The lowest BCUT2D eigenvalue weighted by molar-refractivity contribution is 0.102. The van der Waals surface area contributed by atoms with E-state index in [1.54, 1.807) is 6.20 Å². The lowest BCUT2D eigenvalue weighted by Crippen LogP contribution is -2.13. The van der Waals surface area contributed by atoms with Crippen molar-refractivity contribution in [2.75, 3.05) is 5.32 Å². The Morgan fingerprint density at radius 2 is 2.00 bits per heavy atom. The molecule has 0 bridgehead atoms. The summed E-state index contributed by atoms with van der Waals surface area (Å²) in [7, 11) is 0. The fourth-order valence-corrected chi connectivity index (χ4v) is 2.36. The summed E-state index contributed by atoms with van der Waals surface area (Å²) in [5, 5.41) is 9.26. The zero-order valence-corrected chi connectivity index (χ0v) is 11.1. The summed E-state index contributed by atoms with van der Waals surface area (Å²) >= 11 is 3.42. The summed E-state index contributed by atoms with van der Waals surface area (Å²) in [5.41, 5.74) is 3.41. The van der Waals surface area contributed by atoms with Gasteiger partial charge in [-0.1, -0.05) is 15.9 Å². The first kappa shape index (κ1) is 11.9. The molecule has 0 saturated carbocycles. The summed E-state index contributed by atoms with van der Waals surface area (Å²) in [6.45, 7) is 3.92. The lowest BCUT2D eigenvalue weighted by atomic mass is 10.1. The van der Waals surface area contributed by atoms with E-state index >= 15 is 0 Å². The highest BCUT2D eigenvalue weighted by molar-refractivity contribution is 9.10. The minimum Gasteiger partial charge on any atom is -0.321 e. The first-order chi connectivity index (χ1) is 8.08. The second-order valence-electron chi connectivity index (χ2n) is 3.86. The molecule has 4 nitrogen and oxygen atoms in total. The van der Waals surface area contributed by atoms with Gasteiger partial charge in [0.15, 0.2) is 0 Å². The van der Waals surface area contributed by atoms with Gasteiger partial charge in [-0.2, -0.15) is 5.10 Å². The molecule has 0 fully saturated rings. The Kier molecular flexibility index (Phi) is 3.28. The monoisotopic (exact) mass is 293 g/mol. The number of aromatic amines is 1. The van der Waals surface area contributed by atoms with E-state index in [4.69, 9.17) is 0 Å². The number of aromatic nitrogens is 2. The van der Waals surface area contributed by atoms with Crippen LogP contribution >= 0.6 is 15.9 Å². The number of aryl methyl sites for hydroxylation is 2. The number of hydrogen-bond acceptors (Lipinski definition) is 2. The van der Waals surface area contributed by atoms with Crippen LogP contribution in [0.2, 0.25) is 0 Å². The Bertz CT molecular complexity index is 526. The van der Waals surface area contributed by atoms with Crippen molar-refractivity contribution in [1.82, 2.24) is 10.2 Å².